The van der Waals surface area contributed by atoms with Crippen LogP contribution in [-0.4, -0.2) is 23.3 Å². The standard InChI is InChI=1S/C21H21N3O2/c25-19-6-3-11-24(19)15-7-8-18(22-13-15)23-20(26)17-12-21(17)10-9-14-4-1-2-5-16(14)21/h1-2,4-5,7-8,13,17H,3,6,9-12H2,(H,22,23,26)/t17-,21-/m0/s1. The number of pyridine rings is 1. The largest absolute Gasteiger partial charge is 0.311 e. The van der Waals surface area contributed by atoms with Crippen LogP contribution in [0.15, 0.2) is 42.6 Å². The Balaban J connectivity index is 1.28. The molecule has 2 amide bonds. The zero-order valence-electron chi connectivity index (χ0n) is 14.6. The fourth-order valence-corrected chi connectivity index (χ4v) is 4.69. The summed E-state index contributed by atoms with van der Waals surface area (Å²) < 4.78 is 0. The van der Waals surface area contributed by atoms with Crippen molar-refractivity contribution < 1.29 is 9.59 Å². The first-order chi connectivity index (χ1) is 12.7. The summed E-state index contributed by atoms with van der Waals surface area (Å²) >= 11 is 0. The normalized spacial score (nSPS) is 26.2. The number of aryl methyl sites for hydroxylation is 1. The number of rotatable bonds is 3. The predicted octanol–water partition coefficient (Wildman–Crippen LogP) is 3.05. The fraction of sp³-hybridized carbons (Fsp3) is 0.381. The Morgan fingerprint density at radius 1 is 1.19 bits per heavy atom. The maximum Gasteiger partial charge on any atom is 0.229 e. The van der Waals surface area contributed by atoms with Crippen molar-refractivity contribution in [1.29, 1.82) is 0 Å². The monoisotopic (exact) mass is 347 g/mol. The first kappa shape index (κ1) is 15.6. The molecule has 2 aromatic rings. The lowest BCUT2D eigenvalue weighted by molar-refractivity contribution is -0.118. The minimum absolute atomic E-state index is 0.0350. The summed E-state index contributed by atoms with van der Waals surface area (Å²) in [6.45, 7) is 0.746. The highest BCUT2D eigenvalue weighted by Crippen LogP contribution is 2.61. The molecule has 1 aromatic heterocycles. The van der Waals surface area contributed by atoms with E-state index >= 15 is 0 Å². The van der Waals surface area contributed by atoms with Crippen LogP contribution in [0.3, 0.4) is 0 Å². The van der Waals surface area contributed by atoms with Crippen LogP contribution in [0, 0.1) is 5.92 Å². The Labute approximate surface area is 152 Å². The summed E-state index contributed by atoms with van der Waals surface area (Å²) in [6.07, 6.45) is 6.22. The van der Waals surface area contributed by atoms with Crippen molar-refractivity contribution >= 4 is 23.3 Å². The molecule has 1 N–H and O–H groups in total. The van der Waals surface area contributed by atoms with Gasteiger partial charge < -0.3 is 10.2 Å². The maximum atomic E-state index is 12.7. The molecule has 2 heterocycles. The van der Waals surface area contributed by atoms with Crippen LogP contribution in [-0.2, 0) is 21.4 Å². The lowest BCUT2D eigenvalue weighted by atomic mass is 9.95. The van der Waals surface area contributed by atoms with Crippen molar-refractivity contribution in [2.24, 2.45) is 5.92 Å². The third-order valence-electron chi connectivity index (χ3n) is 6.17. The number of carbonyl (C=O) groups excluding carboxylic acids is 2. The van der Waals surface area contributed by atoms with Crippen molar-refractivity contribution in [2.75, 3.05) is 16.8 Å². The van der Waals surface area contributed by atoms with E-state index < -0.39 is 0 Å². The number of aromatic nitrogens is 1. The van der Waals surface area contributed by atoms with Crippen molar-refractivity contribution in [3.8, 4) is 0 Å². The Morgan fingerprint density at radius 3 is 2.85 bits per heavy atom. The van der Waals surface area contributed by atoms with Gasteiger partial charge in [0, 0.05) is 24.3 Å². The Bertz CT molecular complexity index is 892. The van der Waals surface area contributed by atoms with Crippen molar-refractivity contribution in [1.82, 2.24) is 4.98 Å². The minimum atomic E-state index is 0.0350. The van der Waals surface area contributed by atoms with E-state index in [-0.39, 0.29) is 23.1 Å². The van der Waals surface area contributed by atoms with E-state index in [0.29, 0.717) is 12.2 Å². The average molecular weight is 347 g/mol. The van der Waals surface area contributed by atoms with Gasteiger partial charge in [-0.15, -0.1) is 0 Å². The van der Waals surface area contributed by atoms with Gasteiger partial charge in [-0.1, -0.05) is 24.3 Å². The van der Waals surface area contributed by atoms with E-state index in [2.05, 4.69) is 34.6 Å². The van der Waals surface area contributed by atoms with E-state index in [0.717, 1.165) is 37.9 Å². The molecule has 1 saturated carbocycles. The molecule has 1 spiro atoms. The van der Waals surface area contributed by atoms with Crippen LogP contribution >= 0.6 is 0 Å². The number of nitrogens with one attached hydrogen (secondary N) is 1. The number of fused-ring (bicyclic) bond motifs is 2. The Kier molecular flexibility index (Phi) is 3.39. The van der Waals surface area contributed by atoms with Gasteiger partial charge in [-0.25, -0.2) is 4.98 Å². The van der Waals surface area contributed by atoms with Crippen LogP contribution in [0.25, 0.3) is 0 Å². The Hall–Kier alpha value is -2.69. The number of benzene rings is 1. The molecule has 5 nitrogen and oxygen atoms in total. The molecule has 1 aromatic carbocycles. The molecule has 1 aliphatic heterocycles. The van der Waals surface area contributed by atoms with Crippen molar-refractivity contribution in [3.05, 3.63) is 53.7 Å². The molecular weight excluding hydrogens is 326 g/mol. The van der Waals surface area contributed by atoms with Gasteiger partial charge in [0.2, 0.25) is 11.8 Å². The number of carbonyl (C=O) groups is 2. The van der Waals surface area contributed by atoms with Gasteiger partial charge in [0.25, 0.3) is 0 Å². The van der Waals surface area contributed by atoms with E-state index in [1.54, 1.807) is 17.2 Å². The second-order valence-corrected chi connectivity index (χ2v) is 7.61. The molecule has 5 heteroatoms. The molecule has 26 heavy (non-hydrogen) atoms. The van der Waals surface area contributed by atoms with Crippen LogP contribution in [0.5, 0.6) is 0 Å². The van der Waals surface area contributed by atoms with Crippen LogP contribution in [0.2, 0.25) is 0 Å². The summed E-state index contributed by atoms with van der Waals surface area (Å²) in [6, 6.07) is 12.1. The molecule has 2 atom stereocenters. The summed E-state index contributed by atoms with van der Waals surface area (Å²) in [5.74, 6) is 0.786. The highest BCUT2D eigenvalue weighted by Gasteiger charge is 2.61. The molecule has 3 aliphatic rings. The third kappa shape index (κ3) is 2.34. The maximum absolute atomic E-state index is 12.7. The molecule has 0 unspecified atom stereocenters. The summed E-state index contributed by atoms with van der Waals surface area (Å²) in [4.78, 5) is 30.6. The third-order valence-corrected chi connectivity index (χ3v) is 6.17. The van der Waals surface area contributed by atoms with E-state index in [1.807, 2.05) is 6.07 Å². The number of nitrogens with zero attached hydrogens (tertiary/aromatic N) is 2. The van der Waals surface area contributed by atoms with Crippen LogP contribution in [0.1, 0.15) is 36.8 Å². The highest BCUT2D eigenvalue weighted by molar-refractivity contribution is 5.97. The van der Waals surface area contributed by atoms with Gasteiger partial charge >= 0.3 is 0 Å². The summed E-state index contributed by atoms with van der Waals surface area (Å²) in [5.41, 5.74) is 3.59. The topological polar surface area (TPSA) is 62.3 Å². The molecule has 0 bridgehead atoms. The Morgan fingerprint density at radius 2 is 2.08 bits per heavy atom. The van der Waals surface area contributed by atoms with Gasteiger partial charge in [-0.05, 0) is 48.9 Å². The van der Waals surface area contributed by atoms with Crippen molar-refractivity contribution in [3.63, 3.8) is 0 Å². The lowest BCUT2D eigenvalue weighted by Crippen LogP contribution is -2.24. The lowest BCUT2D eigenvalue weighted by Gasteiger charge is -2.15. The molecule has 0 radical (unpaired) electrons. The average Bonchev–Trinajstić information content (AvgIpc) is 3.06. The van der Waals surface area contributed by atoms with E-state index in [4.69, 9.17) is 0 Å². The van der Waals surface area contributed by atoms with Crippen LogP contribution < -0.4 is 10.2 Å². The first-order valence-corrected chi connectivity index (χ1v) is 9.33. The van der Waals surface area contributed by atoms with Gasteiger partial charge in [0.15, 0.2) is 0 Å². The van der Waals surface area contributed by atoms with Gasteiger partial charge in [0.05, 0.1) is 11.9 Å². The number of anilines is 2. The molecule has 132 valence electrons. The fourth-order valence-electron chi connectivity index (χ4n) is 4.69. The van der Waals surface area contributed by atoms with Crippen molar-refractivity contribution in [2.45, 2.75) is 37.5 Å². The highest BCUT2D eigenvalue weighted by atomic mass is 16.2. The van der Waals surface area contributed by atoms with E-state index in [9.17, 15) is 9.59 Å². The summed E-state index contributed by atoms with van der Waals surface area (Å²) in [5, 5.41) is 2.96. The molecular formula is C21H21N3O2. The second-order valence-electron chi connectivity index (χ2n) is 7.61. The number of hydrogen-bond donors (Lipinski definition) is 1. The smallest absolute Gasteiger partial charge is 0.229 e. The van der Waals surface area contributed by atoms with Gasteiger partial charge in [-0.2, -0.15) is 0 Å². The predicted molar refractivity (Wildman–Crippen MR) is 99.0 cm³/mol. The quantitative estimate of drug-likeness (QED) is 0.928. The molecule has 5 rings (SSSR count). The second kappa shape index (κ2) is 5.66. The zero-order valence-corrected chi connectivity index (χ0v) is 14.6. The molecule has 2 aliphatic carbocycles. The molecule has 2 fully saturated rings. The van der Waals surface area contributed by atoms with Crippen LogP contribution in [0.4, 0.5) is 11.5 Å². The first-order valence-electron chi connectivity index (χ1n) is 9.33. The molecule has 1 saturated heterocycles. The number of hydrogen-bond acceptors (Lipinski definition) is 3. The van der Waals surface area contributed by atoms with E-state index in [1.165, 1.54) is 11.1 Å². The zero-order chi connectivity index (χ0) is 17.7. The van der Waals surface area contributed by atoms with Gasteiger partial charge in [-0.3, -0.25) is 9.59 Å². The minimum Gasteiger partial charge on any atom is -0.311 e. The SMILES string of the molecule is O=C(Nc1ccc(N2CCCC2=O)cn1)[C@@H]1C[C@]12CCc1ccccc12. The summed E-state index contributed by atoms with van der Waals surface area (Å²) in [7, 11) is 0. The number of amides is 2. The van der Waals surface area contributed by atoms with Gasteiger partial charge in [0.1, 0.15) is 5.82 Å².